The van der Waals surface area contributed by atoms with Crippen molar-refractivity contribution in [2.75, 3.05) is 64.2 Å². The Morgan fingerprint density at radius 3 is 2.51 bits per heavy atom. The summed E-state index contributed by atoms with van der Waals surface area (Å²) in [4.78, 5) is 28.1. The zero-order chi connectivity index (χ0) is 33.7. The number of ether oxygens (including phenoxy) is 3. The van der Waals surface area contributed by atoms with E-state index < -0.39 is 38.6 Å². The lowest BCUT2D eigenvalue weighted by Crippen LogP contribution is -2.37. The summed E-state index contributed by atoms with van der Waals surface area (Å²) < 4.78 is 73.3. The van der Waals surface area contributed by atoms with Crippen LogP contribution in [0.15, 0.2) is 41.3 Å². The molecule has 3 aromatic rings. The maximum absolute atomic E-state index is 13.9. The van der Waals surface area contributed by atoms with Gasteiger partial charge >= 0.3 is 6.09 Å². The van der Waals surface area contributed by atoms with Crippen LogP contribution in [-0.4, -0.2) is 99.1 Å². The van der Waals surface area contributed by atoms with Gasteiger partial charge < -0.3 is 29.7 Å². The smallest absolute Gasteiger partial charge is 0.434 e. The largest absolute Gasteiger partial charge is 0.492 e. The molecule has 0 bridgehead atoms. The van der Waals surface area contributed by atoms with E-state index in [1.807, 2.05) is 19.0 Å². The molecule has 13 nitrogen and oxygen atoms in total. The predicted octanol–water partition coefficient (Wildman–Crippen LogP) is 3.70. The Kier molecular flexibility index (Phi) is 10.7. The fourth-order valence-electron chi connectivity index (χ4n) is 5.38. The van der Waals surface area contributed by atoms with Crippen LogP contribution in [0.5, 0.6) is 5.75 Å². The second-order valence-corrected chi connectivity index (χ2v) is 13.4. The Labute approximate surface area is 271 Å². The molecule has 16 heteroatoms. The number of hydrogen-bond acceptors (Lipinski definition) is 10. The molecule has 2 aromatic carbocycles. The number of carbonyl (C=O) groups excluding carboxylic acids is 2. The van der Waals surface area contributed by atoms with Crippen LogP contribution in [0.4, 0.5) is 25.1 Å². The number of likely N-dealkylation sites (N-methyl/N-ethyl adjacent to an activating group) is 1. The van der Waals surface area contributed by atoms with Crippen molar-refractivity contribution in [1.82, 2.24) is 19.0 Å². The van der Waals surface area contributed by atoms with Gasteiger partial charge in [0.15, 0.2) is 5.82 Å². The summed E-state index contributed by atoms with van der Waals surface area (Å²) >= 11 is 0. The average Bonchev–Trinajstić information content (AvgIpc) is 3.38. The molecule has 0 saturated carbocycles. The van der Waals surface area contributed by atoms with Crippen LogP contribution < -0.4 is 15.4 Å². The number of halogens is 2. The van der Waals surface area contributed by atoms with Gasteiger partial charge in [-0.1, -0.05) is 0 Å². The molecule has 5 rings (SSSR count). The number of benzene rings is 2. The number of aromatic nitrogens is 2. The third kappa shape index (κ3) is 8.06. The van der Waals surface area contributed by atoms with E-state index in [4.69, 9.17) is 14.2 Å². The number of hydrogen-bond donors (Lipinski definition) is 2. The van der Waals surface area contributed by atoms with Gasteiger partial charge in [0, 0.05) is 63.0 Å². The van der Waals surface area contributed by atoms with Crippen molar-refractivity contribution in [2.45, 2.75) is 43.7 Å². The number of nitrogens with zero attached hydrogens (tertiary/aromatic N) is 4. The van der Waals surface area contributed by atoms with Crippen molar-refractivity contribution in [3.8, 4) is 5.75 Å². The third-order valence-corrected chi connectivity index (χ3v) is 9.62. The highest BCUT2D eigenvalue weighted by molar-refractivity contribution is 7.89. The zero-order valence-electron chi connectivity index (χ0n) is 26.4. The molecule has 2 aliphatic heterocycles. The summed E-state index contributed by atoms with van der Waals surface area (Å²) in [6, 6.07) is 7.15. The molecule has 1 aromatic heterocycles. The normalized spacial score (nSPS) is 15.7. The Bertz CT molecular complexity index is 1710. The van der Waals surface area contributed by atoms with Gasteiger partial charge in [0.2, 0.25) is 10.0 Å². The molecule has 0 atom stereocenters. The van der Waals surface area contributed by atoms with E-state index >= 15 is 0 Å². The van der Waals surface area contributed by atoms with Crippen molar-refractivity contribution in [2.24, 2.45) is 0 Å². The van der Waals surface area contributed by atoms with Crippen LogP contribution in [0, 0.1) is 11.6 Å². The summed E-state index contributed by atoms with van der Waals surface area (Å²) in [5.41, 5.74) is 1.39. The maximum Gasteiger partial charge on any atom is 0.434 e. The fraction of sp³-hybridized carbons (Fsp3) is 0.452. The average molecular weight is 677 g/mol. The van der Waals surface area contributed by atoms with Crippen LogP contribution in [0.1, 0.15) is 41.4 Å². The van der Waals surface area contributed by atoms with E-state index in [0.29, 0.717) is 49.6 Å². The van der Waals surface area contributed by atoms with Crippen LogP contribution in [-0.2, 0) is 32.5 Å². The number of fused-ring (bicyclic) bond motifs is 1. The van der Waals surface area contributed by atoms with E-state index in [1.165, 1.54) is 0 Å². The molecule has 47 heavy (non-hydrogen) atoms. The van der Waals surface area contributed by atoms with Gasteiger partial charge in [-0.05, 0) is 58.1 Å². The highest BCUT2D eigenvalue weighted by atomic mass is 32.2. The Hall–Kier alpha value is -4.12. The summed E-state index contributed by atoms with van der Waals surface area (Å²) in [6.07, 6.45) is 0.700. The SMILES string of the molecule is CCOC(=O)n1nc(NC(=O)c2ccc(OCCN(C)C)cc2NC2CCOCC2)c2c1CCN(S(=O)(=O)c1cc(F)cc(F)c1)C2. The lowest BCUT2D eigenvalue weighted by molar-refractivity contribution is 0.0904. The van der Waals surface area contributed by atoms with Crippen LogP contribution in [0.25, 0.3) is 0 Å². The summed E-state index contributed by atoms with van der Waals surface area (Å²) in [5, 5.41) is 10.5. The zero-order valence-corrected chi connectivity index (χ0v) is 27.2. The molecular formula is C31H38F2N6O7S. The first kappa shape index (κ1) is 34.2. The maximum atomic E-state index is 13.9. The van der Waals surface area contributed by atoms with Gasteiger partial charge in [-0.2, -0.15) is 8.99 Å². The molecule has 0 radical (unpaired) electrons. The number of anilines is 2. The molecule has 2 aliphatic rings. The molecular weight excluding hydrogens is 638 g/mol. The summed E-state index contributed by atoms with van der Waals surface area (Å²) in [5.74, 6) is -2.13. The second-order valence-electron chi connectivity index (χ2n) is 11.4. The molecule has 1 amide bonds. The molecule has 1 fully saturated rings. The lowest BCUT2D eigenvalue weighted by atomic mass is 10.1. The van der Waals surface area contributed by atoms with Crippen molar-refractivity contribution in [1.29, 1.82) is 0 Å². The molecule has 3 heterocycles. The third-order valence-electron chi connectivity index (χ3n) is 7.79. The molecule has 0 unspecified atom stereocenters. The quantitative estimate of drug-likeness (QED) is 0.309. The van der Waals surface area contributed by atoms with Gasteiger partial charge in [0.1, 0.15) is 24.0 Å². The second kappa shape index (κ2) is 14.8. The minimum Gasteiger partial charge on any atom is -0.492 e. The first-order valence-electron chi connectivity index (χ1n) is 15.3. The van der Waals surface area contributed by atoms with Crippen LogP contribution >= 0.6 is 0 Å². The number of sulfonamides is 1. The van der Waals surface area contributed by atoms with E-state index in [9.17, 15) is 26.8 Å². The summed E-state index contributed by atoms with van der Waals surface area (Å²) in [7, 11) is -0.484. The standard InChI is InChI=1S/C31H38F2N6O7S/c1-4-45-31(41)39-28-7-10-38(47(42,43)24-16-20(32)15-21(33)17-24)19-26(28)29(36-39)35-30(40)25-6-5-23(46-14-11-37(2)3)18-27(25)34-22-8-12-44-13-9-22/h5-6,15-18,22,34H,4,7-14,19H2,1-3H3,(H,35,36,40). The highest BCUT2D eigenvalue weighted by Gasteiger charge is 2.35. The van der Waals surface area contributed by atoms with Crippen molar-refractivity contribution in [3.05, 3.63) is 64.9 Å². The molecule has 0 spiro atoms. The minimum absolute atomic E-state index is 0.0174. The Morgan fingerprint density at radius 2 is 1.83 bits per heavy atom. The molecule has 254 valence electrons. The minimum atomic E-state index is -4.36. The molecule has 0 aliphatic carbocycles. The van der Waals surface area contributed by atoms with Crippen molar-refractivity contribution < 1.29 is 41.0 Å². The van der Waals surface area contributed by atoms with Crippen molar-refractivity contribution >= 4 is 33.5 Å². The Morgan fingerprint density at radius 1 is 1.11 bits per heavy atom. The van der Waals surface area contributed by atoms with Gasteiger partial charge in [-0.15, -0.1) is 5.10 Å². The molecule has 1 saturated heterocycles. The lowest BCUT2D eigenvalue weighted by Gasteiger charge is -2.27. The van der Waals surface area contributed by atoms with Gasteiger partial charge in [-0.25, -0.2) is 22.0 Å². The Balaban J connectivity index is 1.46. The van der Waals surface area contributed by atoms with Crippen LogP contribution in [0.2, 0.25) is 0 Å². The van der Waals surface area contributed by atoms with Gasteiger partial charge in [0.25, 0.3) is 5.91 Å². The number of amides is 1. The summed E-state index contributed by atoms with van der Waals surface area (Å²) in [6.45, 7) is 3.55. The highest BCUT2D eigenvalue weighted by Crippen LogP contribution is 2.32. The van der Waals surface area contributed by atoms with E-state index in [0.717, 1.165) is 34.0 Å². The molecule has 2 N–H and O–H groups in total. The van der Waals surface area contributed by atoms with E-state index in [-0.39, 0.29) is 49.1 Å². The topological polar surface area (TPSA) is 144 Å². The first-order chi connectivity index (χ1) is 22.5. The number of carbonyl (C=O) groups is 2. The predicted molar refractivity (Wildman–Crippen MR) is 168 cm³/mol. The first-order valence-corrected chi connectivity index (χ1v) is 16.7. The van der Waals surface area contributed by atoms with Crippen molar-refractivity contribution in [3.63, 3.8) is 0 Å². The fourth-order valence-corrected chi connectivity index (χ4v) is 6.83. The monoisotopic (exact) mass is 676 g/mol. The van der Waals surface area contributed by atoms with Gasteiger partial charge in [-0.3, -0.25) is 4.79 Å². The number of rotatable bonds is 11. The van der Waals surface area contributed by atoms with E-state index in [2.05, 4.69) is 15.7 Å². The van der Waals surface area contributed by atoms with Crippen LogP contribution in [0.3, 0.4) is 0 Å². The van der Waals surface area contributed by atoms with E-state index in [1.54, 1.807) is 25.1 Å². The number of nitrogens with one attached hydrogen (secondary N) is 2. The van der Waals surface area contributed by atoms with Gasteiger partial charge in [0.05, 0.1) is 28.4 Å².